The molecule has 2 rings (SSSR count). The van der Waals surface area contributed by atoms with Gasteiger partial charge in [0.25, 0.3) is 0 Å². The first-order chi connectivity index (χ1) is 6.52. The van der Waals surface area contributed by atoms with Gasteiger partial charge < -0.3 is 10.4 Å². The van der Waals surface area contributed by atoms with Gasteiger partial charge in [0.1, 0.15) is 0 Å². The maximum absolute atomic E-state index is 11.4. The second-order valence-electron chi connectivity index (χ2n) is 4.22. The van der Waals surface area contributed by atoms with Crippen LogP contribution in [0.15, 0.2) is 0 Å². The van der Waals surface area contributed by atoms with E-state index in [4.69, 9.17) is 0 Å². The number of aliphatic hydroxyl groups is 1. The standard InChI is InChI=1S/C8H16N2O3S/c11-8(3-4-9-5-8)6-10-14(12,13)7-1-2-7/h7,9-11H,1-6H2. The zero-order valence-electron chi connectivity index (χ0n) is 7.99. The summed E-state index contributed by atoms with van der Waals surface area (Å²) in [5.41, 5.74) is -0.887. The molecule has 1 aliphatic heterocycles. The molecule has 0 aromatic rings. The molecule has 0 amide bonds. The fourth-order valence-electron chi connectivity index (χ4n) is 1.61. The Morgan fingerprint density at radius 2 is 2.21 bits per heavy atom. The molecule has 0 aromatic carbocycles. The third kappa shape index (κ3) is 2.25. The zero-order valence-corrected chi connectivity index (χ0v) is 8.81. The monoisotopic (exact) mass is 220 g/mol. The Kier molecular flexibility index (Phi) is 2.55. The smallest absolute Gasteiger partial charge is 0.214 e. The van der Waals surface area contributed by atoms with Crippen LogP contribution < -0.4 is 10.0 Å². The highest BCUT2D eigenvalue weighted by molar-refractivity contribution is 7.90. The summed E-state index contributed by atoms with van der Waals surface area (Å²) in [5, 5.41) is 12.7. The predicted octanol–water partition coefficient (Wildman–Crippen LogP) is -1.21. The predicted molar refractivity (Wildman–Crippen MR) is 52.4 cm³/mol. The average Bonchev–Trinajstić information content (AvgIpc) is 2.89. The van der Waals surface area contributed by atoms with Crippen molar-refractivity contribution in [3.05, 3.63) is 0 Å². The van der Waals surface area contributed by atoms with Gasteiger partial charge in [0.15, 0.2) is 0 Å². The van der Waals surface area contributed by atoms with Gasteiger partial charge in [-0.25, -0.2) is 13.1 Å². The molecule has 2 aliphatic rings. The van der Waals surface area contributed by atoms with Crippen LogP contribution in [0.1, 0.15) is 19.3 Å². The molecule has 0 spiro atoms. The Morgan fingerprint density at radius 1 is 1.50 bits per heavy atom. The summed E-state index contributed by atoms with van der Waals surface area (Å²) in [6, 6.07) is 0. The lowest BCUT2D eigenvalue weighted by molar-refractivity contribution is 0.0667. The van der Waals surface area contributed by atoms with Crippen LogP contribution in [0.5, 0.6) is 0 Å². The zero-order chi connectivity index (χ0) is 10.2. The Morgan fingerprint density at radius 3 is 2.71 bits per heavy atom. The minimum absolute atomic E-state index is 0.138. The molecule has 1 heterocycles. The van der Waals surface area contributed by atoms with E-state index in [1.807, 2.05) is 0 Å². The molecule has 1 atom stereocenters. The van der Waals surface area contributed by atoms with E-state index in [1.165, 1.54) is 0 Å². The van der Waals surface area contributed by atoms with Gasteiger partial charge in [-0.2, -0.15) is 0 Å². The molecule has 6 heteroatoms. The quantitative estimate of drug-likeness (QED) is 0.555. The Labute approximate surface area is 83.9 Å². The fourth-order valence-corrected chi connectivity index (χ4v) is 3.07. The van der Waals surface area contributed by atoms with Crippen molar-refractivity contribution in [1.29, 1.82) is 0 Å². The Bertz CT molecular complexity index is 305. The molecule has 1 saturated carbocycles. The number of hydrogen-bond donors (Lipinski definition) is 3. The topological polar surface area (TPSA) is 78.4 Å². The second kappa shape index (κ2) is 3.44. The highest BCUT2D eigenvalue weighted by Gasteiger charge is 2.38. The van der Waals surface area contributed by atoms with E-state index in [-0.39, 0.29) is 11.8 Å². The van der Waals surface area contributed by atoms with Crippen molar-refractivity contribution in [1.82, 2.24) is 10.0 Å². The molecule has 2 fully saturated rings. The van der Waals surface area contributed by atoms with Crippen molar-refractivity contribution >= 4 is 10.0 Å². The van der Waals surface area contributed by atoms with Crippen molar-refractivity contribution in [2.75, 3.05) is 19.6 Å². The molecule has 14 heavy (non-hydrogen) atoms. The summed E-state index contributed by atoms with van der Waals surface area (Å²) in [5.74, 6) is 0. The van der Waals surface area contributed by atoms with Crippen LogP contribution in [0.2, 0.25) is 0 Å². The van der Waals surface area contributed by atoms with Crippen molar-refractivity contribution in [2.24, 2.45) is 0 Å². The van der Waals surface area contributed by atoms with Crippen molar-refractivity contribution in [3.8, 4) is 0 Å². The van der Waals surface area contributed by atoms with Crippen molar-refractivity contribution in [3.63, 3.8) is 0 Å². The van der Waals surface area contributed by atoms with Gasteiger partial charge >= 0.3 is 0 Å². The van der Waals surface area contributed by atoms with E-state index in [1.54, 1.807) is 0 Å². The molecule has 5 nitrogen and oxygen atoms in total. The van der Waals surface area contributed by atoms with E-state index in [0.717, 1.165) is 19.4 Å². The number of nitrogens with one attached hydrogen (secondary N) is 2. The largest absolute Gasteiger partial charge is 0.387 e. The van der Waals surface area contributed by atoms with Gasteiger partial charge in [0.05, 0.1) is 10.9 Å². The Balaban J connectivity index is 1.86. The van der Waals surface area contributed by atoms with Gasteiger partial charge in [0.2, 0.25) is 10.0 Å². The van der Waals surface area contributed by atoms with Crippen LogP contribution in [0.4, 0.5) is 0 Å². The molecule has 1 aliphatic carbocycles. The second-order valence-corrected chi connectivity index (χ2v) is 6.26. The van der Waals surface area contributed by atoms with Gasteiger partial charge in [-0.05, 0) is 25.8 Å². The highest BCUT2D eigenvalue weighted by atomic mass is 32.2. The van der Waals surface area contributed by atoms with Crippen LogP contribution in [0.25, 0.3) is 0 Å². The third-order valence-electron chi connectivity index (χ3n) is 2.79. The number of hydrogen-bond acceptors (Lipinski definition) is 4. The summed E-state index contributed by atoms with van der Waals surface area (Å²) in [6.07, 6.45) is 2.12. The minimum Gasteiger partial charge on any atom is -0.387 e. The normalized spacial score (nSPS) is 33.5. The molecule has 1 saturated heterocycles. The lowest BCUT2D eigenvalue weighted by atomic mass is 10.1. The van der Waals surface area contributed by atoms with Gasteiger partial charge in [0, 0.05) is 13.1 Å². The van der Waals surface area contributed by atoms with Crippen LogP contribution in [0, 0.1) is 0 Å². The third-order valence-corrected chi connectivity index (χ3v) is 4.68. The molecular formula is C8H16N2O3S. The number of sulfonamides is 1. The van der Waals surface area contributed by atoms with Gasteiger partial charge in [-0.1, -0.05) is 0 Å². The van der Waals surface area contributed by atoms with Crippen LogP contribution in [-0.4, -0.2) is 44.0 Å². The van der Waals surface area contributed by atoms with Gasteiger partial charge in [-0.3, -0.25) is 0 Å². The SMILES string of the molecule is O=S(=O)(NCC1(O)CCNC1)C1CC1. The molecule has 1 unspecified atom stereocenters. The molecule has 0 aromatic heterocycles. The van der Waals surface area contributed by atoms with Gasteiger partial charge in [-0.15, -0.1) is 0 Å². The van der Waals surface area contributed by atoms with E-state index >= 15 is 0 Å². The van der Waals surface area contributed by atoms with Crippen LogP contribution >= 0.6 is 0 Å². The minimum atomic E-state index is -3.15. The molecule has 0 radical (unpaired) electrons. The highest BCUT2D eigenvalue weighted by Crippen LogP contribution is 2.27. The first kappa shape index (κ1) is 10.4. The first-order valence-electron chi connectivity index (χ1n) is 4.93. The average molecular weight is 220 g/mol. The number of rotatable bonds is 4. The summed E-state index contributed by atoms with van der Waals surface area (Å²) >= 11 is 0. The first-order valence-corrected chi connectivity index (χ1v) is 6.48. The maximum Gasteiger partial charge on any atom is 0.214 e. The van der Waals surface area contributed by atoms with E-state index in [0.29, 0.717) is 13.0 Å². The van der Waals surface area contributed by atoms with Crippen molar-refractivity contribution < 1.29 is 13.5 Å². The molecule has 3 N–H and O–H groups in total. The molecular weight excluding hydrogens is 204 g/mol. The summed E-state index contributed by atoms with van der Waals surface area (Å²) in [4.78, 5) is 0. The fraction of sp³-hybridized carbons (Fsp3) is 1.00. The van der Waals surface area contributed by atoms with E-state index in [2.05, 4.69) is 10.0 Å². The van der Waals surface area contributed by atoms with Crippen LogP contribution in [-0.2, 0) is 10.0 Å². The summed E-state index contributed by atoms with van der Waals surface area (Å²) < 4.78 is 25.4. The summed E-state index contributed by atoms with van der Waals surface area (Å²) in [6.45, 7) is 1.36. The Hall–Kier alpha value is -0.170. The lowest BCUT2D eigenvalue weighted by Crippen LogP contribution is -2.45. The molecule has 82 valence electrons. The number of β-amino-alcohol motifs (C(OH)–C–C–N with tert-alkyl or cyclic N) is 1. The van der Waals surface area contributed by atoms with E-state index in [9.17, 15) is 13.5 Å². The lowest BCUT2D eigenvalue weighted by Gasteiger charge is -2.21. The molecule has 0 bridgehead atoms. The van der Waals surface area contributed by atoms with Crippen LogP contribution in [0.3, 0.4) is 0 Å². The van der Waals surface area contributed by atoms with E-state index < -0.39 is 15.6 Å². The summed E-state index contributed by atoms with van der Waals surface area (Å²) in [7, 11) is -3.15. The maximum atomic E-state index is 11.4. The van der Waals surface area contributed by atoms with Crippen molar-refractivity contribution in [2.45, 2.75) is 30.1 Å².